The third-order valence-corrected chi connectivity index (χ3v) is 3.81. The first-order valence-corrected chi connectivity index (χ1v) is 7.62. The molecule has 0 saturated heterocycles. The molecule has 0 bridgehead atoms. The maximum atomic E-state index is 12.0. The van der Waals surface area contributed by atoms with Crippen molar-refractivity contribution in [1.82, 2.24) is 10.1 Å². The summed E-state index contributed by atoms with van der Waals surface area (Å²) in [6.45, 7) is 0. The minimum absolute atomic E-state index is 0.0583. The number of thiophene rings is 1. The monoisotopic (exact) mass is 315 g/mol. The molecule has 6 nitrogen and oxygen atoms in total. The number of aromatic amines is 1. The average Bonchev–Trinajstić information content (AvgIpc) is 3.17. The van der Waals surface area contributed by atoms with Gasteiger partial charge in [0.1, 0.15) is 0 Å². The largest absolute Gasteiger partial charge is 0.439 e. The summed E-state index contributed by atoms with van der Waals surface area (Å²) in [7, 11) is 0. The van der Waals surface area contributed by atoms with Crippen LogP contribution >= 0.6 is 11.3 Å². The van der Waals surface area contributed by atoms with Gasteiger partial charge in [-0.1, -0.05) is 17.3 Å². The molecule has 112 valence electrons. The topological polar surface area (TPSA) is 88.0 Å². The molecule has 0 fully saturated rings. The molecule has 0 aliphatic heterocycles. The first kappa shape index (κ1) is 14.3. The first-order valence-electron chi connectivity index (χ1n) is 6.68. The Morgan fingerprint density at radius 2 is 2.27 bits per heavy atom. The second kappa shape index (κ2) is 6.40. The zero-order chi connectivity index (χ0) is 15.4. The number of benzene rings is 1. The molecule has 3 aromatic rings. The smallest absolute Gasteiger partial charge is 0.326 e. The maximum absolute atomic E-state index is 12.0. The number of aromatic nitrogens is 2. The van der Waals surface area contributed by atoms with Crippen LogP contribution in [0.2, 0.25) is 0 Å². The highest BCUT2D eigenvalue weighted by Crippen LogP contribution is 2.18. The lowest BCUT2D eigenvalue weighted by molar-refractivity contribution is -0.116. The van der Waals surface area contributed by atoms with Crippen LogP contribution in [0.15, 0.2) is 50.4 Å². The number of nitrogens with zero attached hydrogens (tertiary/aromatic N) is 1. The molecule has 0 aliphatic carbocycles. The van der Waals surface area contributed by atoms with Crippen molar-refractivity contribution < 1.29 is 9.32 Å². The molecule has 0 aliphatic rings. The summed E-state index contributed by atoms with van der Waals surface area (Å²) in [5, 5.41) is 10.5. The quantitative estimate of drug-likeness (QED) is 0.757. The van der Waals surface area contributed by atoms with E-state index < -0.39 is 5.76 Å². The number of amides is 1. The van der Waals surface area contributed by atoms with Gasteiger partial charge in [-0.2, -0.15) is 11.3 Å². The fourth-order valence-electron chi connectivity index (χ4n) is 2.01. The van der Waals surface area contributed by atoms with Crippen LogP contribution in [0.4, 0.5) is 5.69 Å². The number of carbonyl (C=O) groups excluding carboxylic acids is 1. The molecular formula is C15H13N3O3S. The highest BCUT2D eigenvalue weighted by Gasteiger charge is 2.07. The van der Waals surface area contributed by atoms with Crippen molar-refractivity contribution in [1.29, 1.82) is 0 Å². The Balaban J connectivity index is 1.65. The van der Waals surface area contributed by atoms with Gasteiger partial charge in [0, 0.05) is 17.7 Å². The Bertz CT molecular complexity index is 820. The number of carbonyl (C=O) groups is 1. The lowest BCUT2D eigenvalue weighted by Gasteiger charge is -2.06. The number of hydrogen-bond acceptors (Lipinski definition) is 5. The second-order valence-electron chi connectivity index (χ2n) is 4.70. The van der Waals surface area contributed by atoms with Crippen molar-refractivity contribution >= 4 is 22.9 Å². The van der Waals surface area contributed by atoms with Crippen LogP contribution in [0.1, 0.15) is 12.0 Å². The summed E-state index contributed by atoms with van der Waals surface area (Å²) >= 11 is 1.62. The molecule has 0 radical (unpaired) electrons. The normalized spacial score (nSPS) is 10.5. The Kier molecular flexibility index (Phi) is 4.15. The van der Waals surface area contributed by atoms with E-state index in [-0.39, 0.29) is 5.91 Å². The summed E-state index contributed by atoms with van der Waals surface area (Å²) in [6.07, 6.45) is 1.13. The predicted octanol–water partition coefficient (Wildman–Crippen LogP) is 2.66. The molecule has 1 aromatic carbocycles. The molecule has 3 rings (SSSR count). The van der Waals surface area contributed by atoms with Gasteiger partial charge in [0.25, 0.3) is 0 Å². The Morgan fingerprint density at radius 3 is 3.00 bits per heavy atom. The van der Waals surface area contributed by atoms with Gasteiger partial charge in [-0.05, 0) is 40.9 Å². The van der Waals surface area contributed by atoms with E-state index >= 15 is 0 Å². The number of nitrogens with one attached hydrogen (secondary N) is 2. The Labute approximate surface area is 129 Å². The van der Waals surface area contributed by atoms with Crippen molar-refractivity contribution in [3.05, 3.63) is 57.2 Å². The second-order valence-corrected chi connectivity index (χ2v) is 5.48. The average molecular weight is 315 g/mol. The number of H-pyrrole nitrogens is 1. The lowest BCUT2D eigenvalue weighted by atomic mass is 10.1. The summed E-state index contributed by atoms with van der Waals surface area (Å²) in [6, 6.07) is 9.07. The standard InChI is InChI=1S/C15H13N3O3S/c19-13(5-4-10-6-7-22-9-10)16-12-3-1-2-11(8-12)14-17-15(20)21-18-14/h1-3,6-9H,4-5H2,(H,16,19)(H,17,18,20). The highest BCUT2D eigenvalue weighted by atomic mass is 32.1. The first-order chi connectivity index (χ1) is 10.7. The van der Waals surface area contributed by atoms with E-state index in [0.717, 1.165) is 5.56 Å². The van der Waals surface area contributed by atoms with Gasteiger partial charge >= 0.3 is 5.76 Å². The maximum Gasteiger partial charge on any atom is 0.439 e. The van der Waals surface area contributed by atoms with Gasteiger partial charge < -0.3 is 5.32 Å². The van der Waals surface area contributed by atoms with Crippen molar-refractivity contribution in [3.8, 4) is 11.4 Å². The van der Waals surface area contributed by atoms with Crippen LogP contribution < -0.4 is 11.1 Å². The summed E-state index contributed by atoms with van der Waals surface area (Å²) < 4.78 is 4.47. The third kappa shape index (κ3) is 3.50. The van der Waals surface area contributed by atoms with E-state index in [4.69, 9.17) is 0 Å². The zero-order valence-corrected chi connectivity index (χ0v) is 12.4. The van der Waals surface area contributed by atoms with E-state index in [9.17, 15) is 9.59 Å². The molecule has 2 N–H and O–H groups in total. The van der Waals surface area contributed by atoms with Gasteiger partial charge in [0.2, 0.25) is 5.91 Å². The van der Waals surface area contributed by atoms with Crippen LogP contribution in [0.25, 0.3) is 11.4 Å². The van der Waals surface area contributed by atoms with E-state index in [1.807, 2.05) is 16.8 Å². The minimum atomic E-state index is -0.611. The van der Waals surface area contributed by atoms with Crippen molar-refractivity contribution in [3.63, 3.8) is 0 Å². The summed E-state index contributed by atoms with van der Waals surface area (Å²) in [5.74, 6) is -0.337. The molecular weight excluding hydrogens is 302 g/mol. The van der Waals surface area contributed by atoms with Crippen LogP contribution in [0, 0.1) is 0 Å². The van der Waals surface area contributed by atoms with Crippen LogP contribution in [-0.4, -0.2) is 16.0 Å². The number of rotatable bonds is 5. The number of anilines is 1. The van der Waals surface area contributed by atoms with Crippen LogP contribution in [0.5, 0.6) is 0 Å². The highest BCUT2D eigenvalue weighted by molar-refractivity contribution is 7.07. The fraction of sp³-hybridized carbons (Fsp3) is 0.133. The van der Waals surface area contributed by atoms with Gasteiger partial charge in [0.15, 0.2) is 5.82 Å². The lowest BCUT2D eigenvalue weighted by Crippen LogP contribution is -2.12. The number of hydrogen-bond donors (Lipinski definition) is 2. The Hall–Kier alpha value is -2.67. The molecule has 1 amide bonds. The van der Waals surface area contributed by atoms with E-state index in [1.165, 1.54) is 0 Å². The predicted molar refractivity (Wildman–Crippen MR) is 83.8 cm³/mol. The van der Waals surface area contributed by atoms with Gasteiger partial charge in [-0.25, -0.2) is 4.79 Å². The molecule has 2 heterocycles. The fourth-order valence-corrected chi connectivity index (χ4v) is 2.72. The van der Waals surface area contributed by atoms with E-state index in [0.29, 0.717) is 29.9 Å². The molecule has 0 saturated carbocycles. The molecule has 22 heavy (non-hydrogen) atoms. The van der Waals surface area contributed by atoms with E-state index in [2.05, 4.69) is 20.0 Å². The molecule has 0 unspecified atom stereocenters. The van der Waals surface area contributed by atoms with Crippen LogP contribution in [0.3, 0.4) is 0 Å². The van der Waals surface area contributed by atoms with Gasteiger partial charge in [0.05, 0.1) is 0 Å². The Morgan fingerprint density at radius 1 is 1.36 bits per heavy atom. The van der Waals surface area contributed by atoms with Gasteiger partial charge in [-0.15, -0.1) is 0 Å². The van der Waals surface area contributed by atoms with Crippen molar-refractivity contribution in [2.75, 3.05) is 5.32 Å². The molecule has 0 spiro atoms. The van der Waals surface area contributed by atoms with Crippen LogP contribution in [-0.2, 0) is 11.2 Å². The third-order valence-electron chi connectivity index (χ3n) is 3.08. The van der Waals surface area contributed by atoms with Crippen molar-refractivity contribution in [2.45, 2.75) is 12.8 Å². The van der Waals surface area contributed by atoms with Crippen molar-refractivity contribution in [2.24, 2.45) is 0 Å². The van der Waals surface area contributed by atoms with E-state index in [1.54, 1.807) is 35.6 Å². The minimum Gasteiger partial charge on any atom is -0.326 e. The molecule has 0 atom stereocenters. The zero-order valence-electron chi connectivity index (χ0n) is 11.5. The molecule has 7 heteroatoms. The SMILES string of the molecule is O=C(CCc1ccsc1)Nc1cccc(-c2noc(=O)[nH]2)c1. The van der Waals surface area contributed by atoms with Gasteiger partial charge in [-0.3, -0.25) is 14.3 Å². The molecule has 2 aromatic heterocycles. The summed E-state index contributed by atoms with van der Waals surface area (Å²) in [5.41, 5.74) is 2.48. The number of aryl methyl sites for hydroxylation is 1. The summed E-state index contributed by atoms with van der Waals surface area (Å²) in [4.78, 5) is 25.4.